The van der Waals surface area contributed by atoms with Gasteiger partial charge in [0.1, 0.15) is 11.4 Å². The summed E-state index contributed by atoms with van der Waals surface area (Å²) in [5.41, 5.74) is 6.07. The van der Waals surface area contributed by atoms with E-state index in [9.17, 15) is 14.0 Å². The molecule has 2 aromatic carbocycles. The smallest absolute Gasteiger partial charge is 0.305 e. The van der Waals surface area contributed by atoms with Crippen molar-refractivity contribution in [2.24, 2.45) is 0 Å². The number of hydrogen-bond acceptors (Lipinski definition) is 3. The van der Waals surface area contributed by atoms with Crippen molar-refractivity contribution in [2.45, 2.75) is 6.92 Å². The first-order valence-corrected chi connectivity index (χ1v) is 6.90. The molecule has 3 rings (SSSR count). The summed E-state index contributed by atoms with van der Waals surface area (Å²) in [6.07, 6.45) is 0. The monoisotopic (exact) mass is 312 g/mol. The molecule has 0 spiro atoms. The van der Waals surface area contributed by atoms with Gasteiger partial charge in [-0.25, -0.2) is 4.39 Å². The Morgan fingerprint density at radius 1 is 0.957 bits per heavy atom. The fraction of sp³-hybridized carbons (Fsp3) is 0.0588. The summed E-state index contributed by atoms with van der Waals surface area (Å²) in [6.45, 7) is 1.77. The third-order valence-corrected chi connectivity index (χ3v) is 3.45. The summed E-state index contributed by atoms with van der Waals surface area (Å²) in [6, 6.07) is 12.2. The number of para-hydroxylation sites is 1. The van der Waals surface area contributed by atoms with Gasteiger partial charge in [-0.1, -0.05) is 18.2 Å². The molecule has 6 heteroatoms. The van der Waals surface area contributed by atoms with E-state index in [2.05, 4.69) is 10.9 Å². The quantitative estimate of drug-likeness (QED) is 0.715. The van der Waals surface area contributed by atoms with Crippen LogP contribution in [0.5, 0.6) is 0 Å². The van der Waals surface area contributed by atoms with Crippen LogP contribution < -0.4 is 10.9 Å². The molecule has 5 nitrogen and oxygen atoms in total. The lowest BCUT2D eigenvalue weighted by atomic mass is 10.1. The molecule has 0 aliphatic rings. The van der Waals surface area contributed by atoms with Gasteiger partial charge in [-0.05, 0) is 37.3 Å². The average molecular weight is 312 g/mol. The Morgan fingerprint density at radius 3 is 2.30 bits per heavy atom. The normalized spacial score (nSPS) is 10.5. The number of amides is 2. The molecule has 23 heavy (non-hydrogen) atoms. The highest BCUT2D eigenvalue weighted by molar-refractivity contribution is 6.01. The highest BCUT2D eigenvalue weighted by Crippen LogP contribution is 2.24. The lowest BCUT2D eigenvalue weighted by molar-refractivity contribution is 0.0831. The minimum absolute atomic E-state index is 0.130. The predicted octanol–water partition coefficient (Wildman–Crippen LogP) is 2.96. The van der Waals surface area contributed by atoms with Crippen molar-refractivity contribution in [3.05, 3.63) is 71.2 Å². The molecule has 1 aromatic heterocycles. The maximum Gasteiger partial charge on any atom is 0.305 e. The minimum Gasteiger partial charge on any atom is -0.451 e. The first-order chi connectivity index (χ1) is 11.1. The van der Waals surface area contributed by atoms with Gasteiger partial charge in [0, 0.05) is 16.5 Å². The van der Waals surface area contributed by atoms with Crippen LogP contribution in [0.15, 0.2) is 52.9 Å². The van der Waals surface area contributed by atoms with Gasteiger partial charge in [-0.3, -0.25) is 20.4 Å². The van der Waals surface area contributed by atoms with Crippen LogP contribution in [0.3, 0.4) is 0 Å². The molecule has 0 saturated carbocycles. The Labute approximate surface area is 131 Å². The maximum atomic E-state index is 12.8. The molecule has 2 amide bonds. The van der Waals surface area contributed by atoms with E-state index in [0.717, 1.165) is 5.39 Å². The standard InChI is InChI=1S/C17H13FN2O3/c1-10-13-4-2-3-5-14(13)23-15(10)17(22)20-19-16(21)11-6-8-12(18)9-7-11/h2-9H,1H3,(H,19,21)(H,20,22). The number of rotatable bonds is 2. The Bertz CT molecular complexity index is 884. The van der Waals surface area contributed by atoms with E-state index in [-0.39, 0.29) is 11.3 Å². The van der Waals surface area contributed by atoms with Gasteiger partial charge in [0.15, 0.2) is 5.76 Å². The van der Waals surface area contributed by atoms with Crippen molar-refractivity contribution in [1.29, 1.82) is 0 Å². The highest BCUT2D eigenvalue weighted by Gasteiger charge is 2.18. The largest absolute Gasteiger partial charge is 0.451 e. The van der Waals surface area contributed by atoms with Crippen LogP contribution in [0.2, 0.25) is 0 Å². The van der Waals surface area contributed by atoms with Gasteiger partial charge in [-0.2, -0.15) is 0 Å². The lowest BCUT2D eigenvalue weighted by Gasteiger charge is -2.06. The number of aryl methyl sites for hydroxylation is 1. The number of hydrogen-bond donors (Lipinski definition) is 2. The topological polar surface area (TPSA) is 71.3 Å². The number of benzene rings is 2. The zero-order valence-electron chi connectivity index (χ0n) is 12.2. The van der Waals surface area contributed by atoms with Crippen molar-refractivity contribution in [1.82, 2.24) is 10.9 Å². The predicted molar refractivity (Wildman–Crippen MR) is 82.3 cm³/mol. The first kappa shape index (κ1) is 14.8. The highest BCUT2D eigenvalue weighted by atomic mass is 19.1. The van der Waals surface area contributed by atoms with Crippen LogP contribution in [0.1, 0.15) is 26.5 Å². The number of carbonyl (C=O) groups excluding carboxylic acids is 2. The molecule has 0 unspecified atom stereocenters. The van der Waals surface area contributed by atoms with Crippen LogP contribution in [-0.2, 0) is 0 Å². The van der Waals surface area contributed by atoms with Crippen LogP contribution >= 0.6 is 0 Å². The zero-order chi connectivity index (χ0) is 16.4. The number of hydrazine groups is 1. The molecule has 2 N–H and O–H groups in total. The van der Waals surface area contributed by atoms with Crippen LogP contribution in [0.4, 0.5) is 4.39 Å². The van der Waals surface area contributed by atoms with Crippen molar-refractivity contribution in [3.63, 3.8) is 0 Å². The molecule has 0 saturated heterocycles. The molecule has 0 fully saturated rings. The van der Waals surface area contributed by atoms with Crippen LogP contribution in [0.25, 0.3) is 11.0 Å². The van der Waals surface area contributed by atoms with Crippen molar-refractivity contribution in [3.8, 4) is 0 Å². The molecular weight excluding hydrogens is 299 g/mol. The second kappa shape index (κ2) is 5.92. The number of furan rings is 1. The average Bonchev–Trinajstić information content (AvgIpc) is 2.90. The van der Waals surface area contributed by atoms with E-state index in [1.165, 1.54) is 24.3 Å². The van der Waals surface area contributed by atoms with Crippen molar-refractivity contribution >= 4 is 22.8 Å². The summed E-state index contributed by atoms with van der Waals surface area (Å²) in [5, 5.41) is 0.836. The van der Waals surface area contributed by atoms with E-state index in [0.29, 0.717) is 11.1 Å². The zero-order valence-corrected chi connectivity index (χ0v) is 12.2. The molecule has 1 heterocycles. The third kappa shape index (κ3) is 2.91. The Hall–Kier alpha value is -3.15. The molecule has 3 aromatic rings. The van der Waals surface area contributed by atoms with Crippen LogP contribution in [-0.4, -0.2) is 11.8 Å². The van der Waals surface area contributed by atoms with E-state index < -0.39 is 17.6 Å². The van der Waals surface area contributed by atoms with Crippen LogP contribution in [0, 0.1) is 12.7 Å². The Balaban J connectivity index is 1.72. The lowest BCUT2D eigenvalue weighted by Crippen LogP contribution is -2.41. The second-order valence-corrected chi connectivity index (χ2v) is 4.97. The van der Waals surface area contributed by atoms with Gasteiger partial charge in [0.25, 0.3) is 5.91 Å². The minimum atomic E-state index is -0.561. The number of fused-ring (bicyclic) bond motifs is 1. The SMILES string of the molecule is Cc1c(C(=O)NNC(=O)c2ccc(F)cc2)oc2ccccc12. The third-order valence-electron chi connectivity index (χ3n) is 3.45. The summed E-state index contributed by atoms with van der Waals surface area (Å²) in [7, 11) is 0. The van der Waals surface area contributed by atoms with E-state index in [1.54, 1.807) is 13.0 Å². The number of nitrogens with one attached hydrogen (secondary N) is 2. The number of carbonyl (C=O) groups is 2. The fourth-order valence-electron chi connectivity index (χ4n) is 2.23. The Kier molecular flexibility index (Phi) is 3.80. The summed E-state index contributed by atoms with van der Waals surface area (Å²) < 4.78 is 18.3. The van der Waals surface area contributed by atoms with Gasteiger partial charge >= 0.3 is 5.91 Å². The summed E-state index contributed by atoms with van der Waals surface area (Å²) >= 11 is 0. The maximum absolute atomic E-state index is 12.8. The van der Waals surface area contributed by atoms with Crippen molar-refractivity contribution in [2.75, 3.05) is 0 Å². The molecule has 116 valence electrons. The summed E-state index contributed by atoms with van der Waals surface area (Å²) in [5.74, 6) is -1.42. The molecule has 0 atom stereocenters. The van der Waals surface area contributed by atoms with Gasteiger partial charge in [-0.15, -0.1) is 0 Å². The molecule has 0 aliphatic heterocycles. The second-order valence-electron chi connectivity index (χ2n) is 4.97. The molecule has 0 bridgehead atoms. The first-order valence-electron chi connectivity index (χ1n) is 6.90. The van der Waals surface area contributed by atoms with E-state index >= 15 is 0 Å². The fourth-order valence-corrected chi connectivity index (χ4v) is 2.23. The molecule has 0 aliphatic carbocycles. The van der Waals surface area contributed by atoms with Crippen molar-refractivity contribution < 1.29 is 18.4 Å². The molecule has 0 radical (unpaired) electrons. The van der Waals surface area contributed by atoms with Gasteiger partial charge in [0.2, 0.25) is 0 Å². The van der Waals surface area contributed by atoms with Gasteiger partial charge in [0.05, 0.1) is 0 Å². The van der Waals surface area contributed by atoms with E-state index in [4.69, 9.17) is 4.42 Å². The number of halogens is 1. The Morgan fingerprint density at radius 2 is 1.61 bits per heavy atom. The van der Waals surface area contributed by atoms with E-state index in [1.807, 2.05) is 18.2 Å². The summed E-state index contributed by atoms with van der Waals surface area (Å²) in [4.78, 5) is 24.0. The van der Waals surface area contributed by atoms with Gasteiger partial charge < -0.3 is 4.42 Å². The molecular formula is C17H13FN2O3.